The van der Waals surface area contributed by atoms with Gasteiger partial charge in [0.25, 0.3) is 0 Å². The van der Waals surface area contributed by atoms with Crippen LogP contribution in [0.3, 0.4) is 0 Å². The molecule has 3 nitrogen and oxygen atoms in total. The van der Waals surface area contributed by atoms with Crippen molar-refractivity contribution in [3.63, 3.8) is 0 Å². The lowest BCUT2D eigenvalue weighted by molar-refractivity contribution is 0.198. The zero-order valence-corrected chi connectivity index (χ0v) is 13.1. The fourth-order valence-corrected chi connectivity index (χ4v) is 2.64. The summed E-state index contributed by atoms with van der Waals surface area (Å²) in [4.78, 5) is 0.407. The van der Waals surface area contributed by atoms with Gasteiger partial charge in [0.05, 0.1) is 22.5 Å². The third kappa shape index (κ3) is 3.57. The molecule has 0 fully saturated rings. The van der Waals surface area contributed by atoms with Crippen LogP contribution >= 0.6 is 31.9 Å². The van der Waals surface area contributed by atoms with Crippen LogP contribution in [0.5, 0.6) is 0 Å². The minimum absolute atomic E-state index is 0.407. The summed E-state index contributed by atoms with van der Waals surface area (Å²) in [6.45, 7) is 5.81. The quantitative estimate of drug-likeness (QED) is 0.733. The molecule has 1 rings (SSSR count). The Labute approximate surface area is 114 Å². The molecule has 0 aliphatic carbocycles. The molecule has 16 heavy (non-hydrogen) atoms. The van der Waals surface area contributed by atoms with Crippen LogP contribution in [0.15, 0.2) is 4.47 Å². The predicted molar refractivity (Wildman–Crippen MR) is 73.3 cm³/mol. The topological polar surface area (TPSA) is 27.1 Å². The van der Waals surface area contributed by atoms with E-state index in [1.165, 1.54) is 5.69 Å². The van der Waals surface area contributed by atoms with E-state index < -0.39 is 0 Å². The second-order valence-electron chi connectivity index (χ2n) is 3.75. The first-order valence-corrected chi connectivity index (χ1v) is 7.15. The Morgan fingerprint density at radius 2 is 2.19 bits per heavy atom. The molecule has 1 aromatic rings. The summed E-state index contributed by atoms with van der Waals surface area (Å²) in [6, 6.07) is 0. The Morgan fingerprint density at radius 1 is 1.50 bits per heavy atom. The molecular weight excluding hydrogens is 336 g/mol. The lowest BCUT2D eigenvalue weighted by Crippen LogP contribution is -2.10. The maximum absolute atomic E-state index is 5.10. The number of hydrogen-bond acceptors (Lipinski definition) is 2. The van der Waals surface area contributed by atoms with Crippen molar-refractivity contribution in [2.24, 2.45) is 0 Å². The van der Waals surface area contributed by atoms with E-state index in [1.54, 1.807) is 7.11 Å². The number of hydrogen-bond donors (Lipinski definition) is 0. The summed E-state index contributed by atoms with van der Waals surface area (Å²) in [6.07, 6.45) is 2.06. The average Bonchev–Trinajstić information content (AvgIpc) is 2.53. The van der Waals surface area contributed by atoms with Gasteiger partial charge in [0.2, 0.25) is 0 Å². The van der Waals surface area contributed by atoms with Crippen LogP contribution in [-0.4, -0.2) is 28.3 Å². The van der Waals surface area contributed by atoms with Crippen LogP contribution in [0.2, 0.25) is 0 Å². The number of aryl methyl sites for hydroxylation is 2. The molecule has 0 saturated carbocycles. The van der Waals surface area contributed by atoms with Crippen molar-refractivity contribution in [2.45, 2.75) is 38.1 Å². The fraction of sp³-hybridized carbons (Fsp3) is 0.727. The van der Waals surface area contributed by atoms with Crippen molar-refractivity contribution in [3.05, 3.63) is 15.9 Å². The molecule has 0 aliphatic rings. The minimum Gasteiger partial charge on any atom is -0.384 e. The highest BCUT2D eigenvalue weighted by atomic mass is 79.9. The summed E-state index contributed by atoms with van der Waals surface area (Å²) in [5, 5.41) is 4.48. The van der Waals surface area contributed by atoms with Crippen molar-refractivity contribution in [1.82, 2.24) is 9.78 Å². The second kappa shape index (κ2) is 6.77. The lowest BCUT2D eigenvalue weighted by atomic mass is 10.2. The van der Waals surface area contributed by atoms with Crippen LogP contribution < -0.4 is 0 Å². The molecule has 1 atom stereocenters. The van der Waals surface area contributed by atoms with E-state index in [0.29, 0.717) is 4.83 Å². The number of halogens is 2. The van der Waals surface area contributed by atoms with Crippen LogP contribution in [-0.2, 0) is 17.7 Å². The van der Waals surface area contributed by atoms with Gasteiger partial charge in [0.1, 0.15) is 0 Å². The maximum atomic E-state index is 5.10. The molecular formula is C11H18Br2N2O. The Bertz CT molecular complexity index is 339. The van der Waals surface area contributed by atoms with Gasteiger partial charge in [0, 0.05) is 18.5 Å². The second-order valence-corrected chi connectivity index (χ2v) is 5.84. The molecule has 0 aliphatic heterocycles. The van der Waals surface area contributed by atoms with Crippen LogP contribution in [0.25, 0.3) is 0 Å². The molecule has 0 saturated heterocycles. The molecule has 0 amide bonds. The first-order valence-electron chi connectivity index (χ1n) is 5.44. The Morgan fingerprint density at radius 3 is 2.75 bits per heavy atom. The number of nitrogens with zero attached hydrogens (tertiary/aromatic N) is 2. The molecule has 92 valence electrons. The zero-order chi connectivity index (χ0) is 12.1. The van der Waals surface area contributed by atoms with Crippen molar-refractivity contribution < 1.29 is 4.74 Å². The molecule has 0 spiro atoms. The standard InChI is InChI=1S/C11H18Br2N2O/c1-4-15-10(11(13)8(2)14-15)6-5-9(12)7-16-3/h9H,4-7H2,1-3H3. The van der Waals surface area contributed by atoms with Gasteiger partial charge in [-0.15, -0.1) is 0 Å². The largest absolute Gasteiger partial charge is 0.384 e. The molecule has 0 aromatic carbocycles. The normalized spacial score (nSPS) is 13.1. The molecule has 0 radical (unpaired) electrons. The Hall–Kier alpha value is 0.130. The summed E-state index contributed by atoms with van der Waals surface area (Å²) >= 11 is 7.20. The highest BCUT2D eigenvalue weighted by Crippen LogP contribution is 2.23. The van der Waals surface area contributed by atoms with Gasteiger partial charge < -0.3 is 4.74 Å². The van der Waals surface area contributed by atoms with E-state index in [1.807, 2.05) is 6.92 Å². The highest BCUT2D eigenvalue weighted by Gasteiger charge is 2.13. The van der Waals surface area contributed by atoms with Gasteiger partial charge in [0.15, 0.2) is 0 Å². The summed E-state index contributed by atoms with van der Waals surface area (Å²) in [5.41, 5.74) is 2.34. The van der Waals surface area contributed by atoms with E-state index in [9.17, 15) is 0 Å². The molecule has 0 bridgehead atoms. The summed E-state index contributed by atoms with van der Waals surface area (Å²) in [5.74, 6) is 0. The van der Waals surface area contributed by atoms with Gasteiger partial charge in [-0.3, -0.25) is 4.68 Å². The van der Waals surface area contributed by atoms with E-state index in [4.69, 9.17) is 4.74 Å². The van der Waals surface area contributed by atoms with Gasteiger partial charge >= 0.3 is 0 Å². The van der Waals surface area contributed by atoms with E-state index in [0.717, 1.165) is 36.2 Å². The summed E-state index contributed by atoms with van der Waals surface area (Å²) in [7, 11) is 1.73. The van der Waals surface area contributed by atoms with E-state index >= 15 is 0 Å². The Kier molecular flexibility index (Phi) is 6.00. The van der Waals surface area contributed by atoms with Gasteiger partial charge in [-0.2, -0.15) is 5.10 Å². The Balaban J connectivity index is 2.65. The monoisotopic (exact) mass is 352 g/mol. The number of rotatable bonds is 6. The fourth-order valence-electron chi connectivity index (χ4n) is 1.67. The summed E-state index contributed by atoms with van der Waals surface area (Å²) < 4.78 is 8.31. The maximum Gasteiger partial charge on any atom is 0.0738 e. The molecule has 5 heteroatoms. The van der Waals surface area contributed by atoms with Crippen molar-refractivity contribution in [3.8, 4) is 0 Å². The first-order chi connectivity index (χ1) is 7.60. The minimum atomic E-state index is 0.407. The average molecular weight is 354 g/mol. The van der Waals surface area contributed by atoms with Crippen LogP contribution in [0, 0.1) is 6.92 Å². The van der Waals surface area contributed by atoms with E-state index in [-0.39, 0.29) is 0 Å². The van der Waals surface area contributed by atoms with Crippen LogP contribution in [0.1, 0.15) is 24.7 Å². The third-order valence-corrected chi connectivity index (χ3v) is 4.25. The predicted octanol–water partition coefficient (Wildman–Crippen LogP) is 3.32. The van der Waals surface area contributed by atoms with Crippen molar-refractivity contribution in [1.29, 1.82) is 0 Å². The number of alkyl halides is 1. The van der Waals surface area contributed by atoms with Crippen LogP contribution in [0.4, 0.5) is 0 Å². The third-order valence-electron chi connectivity index (χ3n) is 2.49. The number of aromatic nitrogens is 2. The van der Waals surface area contributed by atoms with Gasteiger partial charge in [-0.05, 0) is 42.6 Å². The SMILES string of the molecule is CCn1nc(C)c(Br)c1CCC(Br)COC. The lowest BCUT2D eigenvalue weighted by Gasteiger charge is -2.09. The first kappa shape index (κ1) is 14.2. The molecule has 1 heterocycles. The molecule has 1 unspecified atom stereocenters. The van der Waals surface area contributed by atoms with Gasteiger partial charge in [-0.1, -0.05) is 15.9 Å². The van der Waals surface area contributed by atoms with Gasteiger partial charge in [-0.25, -0.2) is 0 Å². The molecule has 0 N–H and O–H groups in total. The smallest absolute Gasteiger partial charge is 0.0738 e. The molecule has 1 aromatic heterocycles. The van der Waals surface area contributed by atoms with Crippen molar-refractivity contribution in [2.75, 3.05) is 13.7 Å². The zero-order valence-electron chi connectivity index (χ0n) is 9.96. The highest BCUT2D eigenvalue weighted by molar-refractivity contribution is 9.10. The number of methoxy groups -OCH3 is 1. The number of ether oxygens (including phenoxy) is 1. The van der Waals surface area contributed by atoms with E-state index in [2.05, 4.69) is 48.6 Å². The van der Waals surface area contributed by atoms with Crippen molar-refractivity contribution >= 4 is 31.9 Å².